The third-order valence-corrected chi connectivity index (χ3v) is 5.48. The third kappa shape index (κ3) is 5.70. The van der Waals surface area contributed by atoms with Crippen molar-refractivity contribution in [1.29, 1.82) is 0 Å². The van der Waals surface area contributed by atoms with Gasteiger partial charge in [-0.2, -0.15) is 5.10 Å². The highest BCUT2D eigenvalue weighted by Gasteiger charge is 2.19. The number of carbonyl (C=O) groups excluding carboxylic acids is 1. The zero-order valence-corrected chi connectivity index (χ0v) is 19.2. The van der Waals surface area contributed by atoms with Gasteiger partial charge < -0.3 is 15.2 Å². The average molecular weight is 474 g/mol. The maximum absolute atomic E-state index is 13.2. The van der Waals surface area contributed by atoms with Gasteiger partial charge in [0, 0.05) is 16.8 Å². The molecule has 4 aromatic rings. The standard InChI is InChI=1S/C25H23N5O3S/c1-32-22-14-18(15-27-29-25-28-23(26)17-34-25)12-13-21(22)33-16-24(31)30(19-8-4-2-5-9-19)20-10-6-3-7-11-20/h2-15,17H,16,26H2,1H3,(H,28,29). The monoisotopic (exact) mass is 473 g/mol. The molecule has 1 aromatic heterocycles. The highest BCUT2D eigenvalue weighted by Crippen LogP contribution is 2.29. The number of nitrogen functional groups attached to an aromatic ring is 1. The summed E-state index contributed by atoms with van der Waals surface area (Å²) >= 11 is 1.36. The van der Waals surface area contributed by atoms with E-state index in [1.165, 1.54) is 11.3 Å². The highest BCUT2D eigenvalue weighted by molar-refractivity contribution is 7.14. The van der Waals surface area contributed by atoms with Gasteiger partial charge in [0.15, 0.2) is 18.1 Å². The molecule has 172 valence electrons. The van der Waals surface area contributed by atoms with Crippen molar-refractivity contribution in [2.24, 2.45) is 5.10 Å². The highest BCUT2D eigenvalue weighted by atomic mass is 32.1. The van der Waals surface area contributed by atoms with Crippen LogP contribution < -0.4 is 25.5 Å². The molecule has 0 aliphatic carbocycles. The number of nitrogens with one attached hydrogen (secondary N) is 1. The summed E-state index contributed by atoms with van der Waals surface area (Å²) in [5.41, 5.74) is 10.7. The summed E-state index contributed by atoms with van der Waals surface area (Å²) in [6.07, 6.45) is 1.63. The summed E-state index contributed by atoms with van der Waals surface area (Å²) in [6.45, 7) is -0.166. The lowest BCUT2D eigenvalue weighted by Crippen LogP contribution is -2.30. The Bertz CT molecular complexity index is 1220. The molecule has 8 nitrogen and oxygen atoms in total. The number of hydrogen-bond donors (Lipinski definition) is 2. The lowest BCUT2D eigenvalue weighted by molar-refractivity contribution is -0.119. The van der Waals surface area contributed by atoms with Gasteiger partial charge in [0.2, 0.25) is 5.13 Å². The minimum absolute atomic E-state index is 0.166. The second-order valence-electron chi connectivity index (χ2n) is 7.05. The average Bonchev–Trinajstić information content (AvgIpc) is 3.29. The normalized spacial score (nSPS) is 10.7. The molecule has 9 heteroatoms. The Morgan fingerprint density at radius 3 is 2.32 bits per heavy atom. The number of hydrogen-bond acceptors (Lipinski definition) is 8. The lowest BCUT2D eigenvalue weighted by Gasteiger charge is -2.23. The number of benzene rings is 3. The number of methoxy groups -OCH3 is 1. The first-order valence-corrected chi connectivity index (χ1v) is 11.3. The quantitative estimate of drug-likeness (QED) is 0.264. The Kier molecular flexibility index (Phi) is 7.36. The van der Waals surface area contributed by atoms with Crippen molar-refractivity contribution >= 4 is 45.8 Å². The molecule has 0 spiro atoms. The van der Waals surface area contributed by atoms with E-state index in [0.717, 1.165) is 16.9 Å². The van der Waals surface area contributed by atoms with E-state index < -0.39 is 0 Å². The molecule has 0 radical (unpaired) electrons. The smallest absolute Gasteiger partial charge is 0.269 e. The molecule has 1 heterocycles. The zero-order chi connectivity index (χ0) is 23.8. The van der Waals surface area contributed by atoms with Crippen molar-refractivity contribution < 1.29 is 14.3 Å². The predicted octanol–water partition coefficient (Wildman–Crippen LogP) is 4.92. The number of ether oxygens (including phenoxy) is 2. The van der Waals surface area contributed by atoms with Gasteiger partial charge >= 0.3 is 0 Å². The van der Waals surface area contributed by atoms with E-state index in [4.69, 9.17) is 15.2 Å². The minimum atomic E-state index is -0.211. The number of nitrogens with two attached hydrogens (primary N) is 1. The SMILES string of the molecule is COc1cc(C=NNc2nc(N)cs2)ccc1OCC(=O)N(c1ccccc1)c1ccccc1. The van der Waals surface area contributed by atoms with Crippen LogP contribution in [0.4, 0.5) is 22.3 Å². The molecule has 0 aliphatic rings. The summed E-state index contributed by atoms with van der Waals surface area (Å²) in [7, 11) is 1.54. The summed E-state index contributed by atoms with van der Waals surface area (Å²) in [4.78, 5) is 18.9. The van der Waals surface area contributed by atoms with Gasteiger partial charge in [0.25, 0.3) is 5.91 Å². The van der Waals surface area contributed by atoms with Crippen LogP contribution in [0.25, 0.3) is 0 Å². The van der Waals surface area contributed by atoms with Crippen LogP contribution in [-0.2, 0) is 4.79 Å². The molecule has 3 aromatic carbocycles. The number of para-hydroxylation sites is 2. The van der Waals surface area contributed by atoms with Crippen molar-refractivity contribution in [1.82, 2.24) is 4.98 Å². The van der Waals surface area contributed by atoms with E-state index in [9.17, 15) is 4.79 Å². The second-order valence-corrected chi connectivity index (χ2v) is 7.90. The molecular formula is C25H23N5O3S. The zero-order valence-electron chi connectivity index (χ0n) is 18.4. The maximum atomic E-state index is 13.2. The molecular weight excluding hydrogens is 450 g/mol. The third-order valence-electron chi connectivity index (χ3n) is 4.71. The van der Waals surface area contributed by atoms with Gasteiger partial charge in [-0.1, -0.05) is 36.4 Å². The Morgan fingerprint density at radius 1 is 1.06 bits per heavy atom. The van der Waals surface area contributed by atoms with E-state index >= 15 is 0 Å². The first-order chi connectivity index (χ1) is 16.6. The van der Waals surface area contributed by atoms with Crippen LogP contribution in [0.2, 0.25) is 0 Å². The molecule has 1 amide bonds. The molecule has 0 aliphatic heterocycles. The van der Waals surface area contributed by atoms with E-state index in [0.29, 0.717) is 22.4 Å². The van der Waals surface area contributed by atoms with Crippen LogP contribution >= 0.6 is 11.3 Å². The van der Waals surface area contributed by atoms with E-state index in [1.54, 1.807) is 35.7 Å². The molecule has 0 fully saturated rings. The fourth-order valence-electron chi connectivity index (χ4n) is 3.18. The number of anilines is 4. The van der Waals surface area contributed by atoms with Gasteiger partial charge in [0.05, 0.1) is 13.3 Å². The van der Waals surface area contributed by atoms with Crippen LogP contribution in [-0.4, -0.2) is 30.8 Å². The van der Waals surface area contributed by atoms with Crippen LogP contribution in [0.15, 0.2) is 89.3 Å². The van der Waals surface area contributed by atoms with E-state index in [1.807, 2.05) is 66.7 Å². The number of aromatic nitrogens is 1. The van der Waals surface area contributed by atoms with Crippen LogP contribution in [0, 0.1) is 0 Å². The molecule has 0 saturated heterocycles. The molecule has 0 saturated carbocycles. The van der Waals surface area contributed by atoms with Crippen LogP contribution in [0.1, 0.15) is 5.56 Å². The molecule has 0 atom stereocenters. The Hall–Kier alpha value is -4.37. The van der Waals surface area contributed by atoms with Gasteiger partial charge in [-0.15, -0.1) is 11.3 Å². The summed E-state index contributed by atoms with van der Waals surface area (Å²) in [6, 6.07) is 24.2. The van der Waals surface area contributed by atoms with Gasteiger partial charge in [-0.05, 0) is 48.0 Å². The van der Waals surface area contributed by atoms with Crippen molar-refractivity contribution in [3.8, 4) is 11.5 Å². The number of thiazole rings is 1. The molecule has 0 bridgehead atoms. The predicted molar refractivity (Wildman–Crippen MR) is 136 cm³/mol. The second kappa shape index (κ2) is 11.0. The minimum Gasteiger partial charge on any atom is -0.493 e. The summed E-state index contributed by atoms with van der Waals surface area (Å²) < 4.78 is 11.3. The molecule has 34 heavy (non-hydrogen) atoms. The topological polar surface area (TPSA) is 102 Å². The number of hydrazone groups is 1. The van der Waals surface area contributed by atoms with Crippen molar-refractivity contribution in [2.75, 3.05) is 29.8 Å². The Balaban J connectivity index is 1.45. The Morgan fingerprint density at radius 2 is 1.74 bits per heavy atom. The first-order valence-electron chi connectivity index (χ1n) is 10.4. The van der Waals surface area contributed by atoms with E-state index in [-0.39, 0.29) is 12.5 Å². The number of nitrogens with zero attached hydrogens (tertiary/aromatic N) is 3. The Labute approximate surface area is 201 Å². The molecule has 4 rings (SSSR count). The van der Waals surface area contributed by atoms with Crippen molar-refractivity contribution in [3.63, 3.8) is 0 Å². The molecule has 3 N–H and O–H groups in total. The van der Waals surface area contributed by atoms with Gasteiger partial charge in [-0.25, -0.2) is 4.98 Å². The largest absolute Gasteiger partial charge is 0.493 e. The van der Waals surface area contributed by atoms with Crippen LogP contribution in [0.5, 0.6) is 11.5 Å². The fraction of sp³-hybridized carbons (Fsp3) is 0.0800. The molecule has 0 unspecified atom stereocenters. The van der Waals surface area contributed by atoms with Gasteiger partial charge in [-0.3, -0.25) is 15.1 Å². The summed E-state index contributed by atoms with van der Waals surface area (Å²) in [5, 5.41) is 6.48. The maximum Gasteiger partial charge on any atom is 0.269 e. The van der Waals surface area contributed by atoms with Crippen molar-refractivity contribution in [3.05, 3.63) is 89.8 Å². The van der Waals surface area contributed by atoms with Gasteiger partial charge in [0.1, 0.15) is 5.82 Å². The number of carbonyl (C=O) groups is 1. The first kappa shape index (κ1) is 22.8. The van der Waals surface area contributed by atoms with Crippen molar-refractivity contribution in [2.45, 2.75) is 0 Å². The van der Waals surface area contributed by atoms with Crippen LogP contribution in [0.3, 0.4) is 0 Å². The lowest BCUT2D eigenvalue weighted by atomic mass is 10.2. The fourth-order valence-corrected chi connectivity index (χ4v) is 3.73. The number of amides is 1. The number of rotatable bonds is 9. The van der Waals surface area contributed by atoms with E-state index in [2.05, 4.69) is 15.5 Å². The summed E-state index contributed by atoms with van der Waals surface area (Å²) in [5.74, 6) is 1.17.